The van der Waals surface area contributed by atoms with Crippen LogP contribution in [0.5, 0.6) is 0 Å². The summed E-state index contributed by atoms with van der Waals surface area (Å²) in [6.07, 6.45) is -0.102. The Hall–Kier alpha value is -1.67. The zero-order chi connectivity index (χ0) is 15.3. The lowest BCUT2D eigenvalue weighted by molar-refractivity contribution is -0.139. The quantitative estimate of drug-likeness (QED) is 0.652. The molecule has 0 aliphatic rings. The van der Waals surface area contributed by atoms with Crippen molar-refractivity contribution in [3.8, 4) is 0 Å². The molecule has 1 rings (SSSR count). The van der Waals surface area contributed by atoms with Gasteiger partial charge < -0.3 is 20.8 Å². The number of aliphatic hydroxyl groups excluding tert-OH is 1. The Bertz CT molecular complexity index is 524. The van der Waals surface area contributed by atoms with Gasteiger partial charge in [0.25, 0.3) is 0 Å². The highest BCUT2D eigenvalue weighted by molar-refractivity contribution is 9.10. The van der Waals surface area contributed by atoms with Crippen molar-refractivity contribution in [1.82, 2.24) is 5.32 Å². The third kappa shape index (κ3) is 4.46. The maximum Gasteiger partial charge on any atom is 0.326 e. The number of rotatable bonds is 5. The van der Waals surface area contributed by atoms with E-state index in [1.165, 1.54) is 12.1 Å². The van der Waals surface area contributed by atoms with Crippen LogP contribution in [0.2, 0.25) is 0 Å². The van der Waals surface area contributed by atoms with Gasteiger partial charge in [0, 0.05) is 18.7 Å². The number of nitrogens with one attached hydrogen (secondary N) is 2. The normalized spacial score (nSPS) is 11.8. The molecule has 0 heterocycles. The second kappa shape index (κ2) is 7.20. The molecule has 0 aromatic heterocycles. The molecule has 0 radical (unpaired) electrons. The van der Waals surface area contributed by atoms with Gasteiger partial charge in [0.15, 0.2) is 0 Å². The maximum absolute atomic E-state index is 13.2. The SMILES string of the molecule is Cc1cc(F)c(Br)cc1NC(=O)N[C@@H](CCO)C(=O)O. The van der Waals surface area contributed by atoms with Crippen LogP contribution in [-0.2, 0) is 4.79 Å². The van der Waals surface area contributed by atoms with Gasteiger partial charge in [-0.05, 0) is 40.5 Å². The van der Waals surface area contributed by atoms with Gasteiger partial charge in [-0.3, -0.25) is 0 Å². The molecule has 0 saturated carbocycles. The second-order valence-corrected chi connectivity index (χ2v) is 4.94. The topological polar surface area (TPSA) is 98.7 Å². The first-order valence-electron chi connectivity index (χ1n) is 5.72. The fourth-order valence-corrected chi connectivity index (χ4v) is 1.83. The van der Waals surface area contributed by atoms with Crippen molar-refractivity contribution in [2.45, 2.75) is 19.4 Å². The highest BCUT2D eigenvalue weighted by atomic mass is 79.9. The molecule has 2 amide bonds. The van der Waals surface area contributed by atoms with Crippen LogP contribution in [0.1, 0.15) is 12.0 Å². The summed E-state index contributed by atoms with van der Waals surface area (Å²) in [6, 6.07) is 0.686. The Labute approximate surface area is 123 Å². The van der Waals surface area contributed by atoms with E-state index in [1.54, 1.807) is 6.92 Å². The van der Waals surface area contributed by atoms with Gasteiger partial charge in [0.05, 0.1) is 4.47 Å². The third-order valence-electron chi connectivity index (χ3n) is 2.54. The van der Waals surface area contributed by atoms with Gasteiger partial charge in [-0.15, -0.1) is 0 Å². The van der Waals surface area contributed by atoms with Gasteiger partial charge >= 0.3 is 12.0 Å². The molecular formula is C12H14BrFN2O4. The van der Waals surface area contributed by atoms with Crippen molar-refractivity contribution in [3.63, 3.8) is 0 Å². The number of carbonyl (C=O) groups excluding carboxylic acids is 1. The molecular weight excluding hydrogens is 335 g/mol. The predicted octanol–water partition coefficient (Wildman–Crippen LogP) is 1.85. The molecule has 6 nitrogen and oxygen atoms in total. The molecule has 0 aliphatic heterocycles. The van der Waals surface area contributed by atoms with E-state index in [2.05, 4.69) is 26.6 Å². The van der Waals surface area contributed by atoms with Gasteiger partial charge in [0.2, 0.25) is 0 Å². The first kappa shape index (κ1) is 16.4. The van der Waals surface area contributed by atoms with E-state index < -0.39 is 23.9 Å². The molecule has 0 fully saturated rings. The fraction of sp³-hybridized carbons (Fsp3) is 0.333. The van der Waals surface area contributed by atoms with Gasteiger partial charge in [-0.2, -0.15) is 0 Å². The first-order chi connectivity index (χ1) is 9.35. The number of carbonyl (C=O) groups is 2. The zero-order valence-electron chi connectivity index (χ0n) is 10.6. The largest absolute Gasteiger partial charge is 0.480 e. The van der Waals surface area contributed by atoms with E-state index in [1.807, 2.05) is 0 Å². The highest BCUT2D eigenvalue weighted by Gasteiger charge is 2.19. The molecule has 110 valence electrons. The zero-order valence-corrected chi connectivity index (χ0v) is 12.2. The number of anilines is 1. The number of benzene rings is 1. The van der Waals surface area contributed by atoms with Gasteiger partial charge in [-0.1, -0.05) is 0 Å². The number of urea groups is 1. The fourth-order valence-electron chi connectivity index (χ4n) is 1.48. The molecule has 1 atom stereocenters. The lowest BCUT2D eigenvalue weighted by Gasteiger charge is -2.15. The molecule has 1 aromatic carbocycles. The number of carboxylic acids is 1. The van der Waals surface area contributed by atoms with Crippen molar-refractivity contribution >= 4 is 33.6 Å². The summed E-state index contributed by atoms with van der Waals surface area (Å²) in [5.74, 6) is -1.71. The minimum Gasteiger partial charge on any atom is -0.480 e. The van der Waals surface area contributed by atoms with Crippen LogP contribution in [0.15, 0.2) is 16.6 Å². The summed E-state index contributed by atoms with van der Waals surface area (Å²) in [5.41, 5.74) is 0.846. The second-order valence-electron chi connectivity index (χ2n) is 4.08. The van der Waals surface area contributed by atoms with Crippen LogP contribution in [0, 0.1) is 12.7 Å². The summed E-state index contributed by atoms with van der Waals surface area (Å²) in [4.78, 5) is 22.5. The predicted molar refractivity (Wildman–Crippen MR) is 74.1 cm³/mol. The molecule has 0 unspecified atom stereocenters. The van der Waals surface area contributed by atoms with Crippen LogP contribution >= 0.6 is 15.9 Å². The number of aliphatic hydroxyl groups is 1. The number of aliphatic carboxylic acids is 1. The van der Waals surface area contributed by atoms with Crippen molar-refractivity contribution in [2.24, 2.45) is 0 Å². The molecule has 8 heteroatoms. The van der Waals surface area contributed by atoms with Crippen molar-refractivity contribution in [3.05, 3.63) is 28.0 Å². The molecule has 0 bridgehead atoms. The van der Waals surface area contributed by atoms with Crippen molar-refractivity contribution in [1.29, 1.82) is 0 Å². The Morgan fingerprint density at radius 2 is 2.10 bits per heavy atom. The van der Waals surface area contributed by atoms with Crippen molar-refractivity contribution in [2.75, 3.05) is 11.9 Å². The number of carboxylic acid groups (broad SMARTS) is 1. The van der Waals surface area contributed by atoms with Crippen LogP contribution in [0.4, 0.5) is 14.9 Å². The molecule has 0 aliphatic carbocycles. The molecule has 20 heavy (non-hydrogen) atoms. The summed E-state index contributed by atoms with van der Waals surface area (Å²) in [6.45, 7) is 1.24. The number of hydrogen-bond acceptors (Lipinski definition) is 3. The van der Waals surface area contributed by atoms with E-state index in [4.69, 9.17) is 10.2 Å². The van der Waals surface area contributed by atoms with Crippen LogP contribution < -0.4 is 10.6 Å². The van der Waals surface area contributed by atoms with Crippen molar-refractivity contribution < 1.29 is 24.2 Å². The van der Waals surface area contributed by atoms with Gasteiger partial charge in [-0.25, -0.2) is 14.0 Å². The third-order valence-corrected chi connectivity index (χ3v) is 3.14. The first-order valence-corrected chi connectivity index (χ1v) is 6.51. The Kier molecular flexibility index (Phi) is 5.90. The van der Waals surface area contributed by atoms with E-state index in [0.29, 0.717) is 11.3 Å². The average Bonchev–Trinajstić information content (AvgIpc) is 2.35. The summed E-state index contributed by atoms with van der Waals surface area (Å²) < 4.78 is 13.4. The Morgan fingerprint density at radius 3 is 2.65 bits per heavy atom. The summed E-state index contributed by atoms with van der Waals surface area (Å²) in [5, 5.41) is 22.2. The maximum atomic E-state index is 13.2. The lowest BCUT2D eigenvalue weighted by Crippen LogP contribution is -2.43. The lowest BCUT2D eigenvalue weighted by atomic mass is 10.2. The smallest absolute Gasteiger partial charge is 0.326 e. The van der Waals surface area contributed by atoms with Gasteiger partial charge in [0.1, 0.15) is 11.9 Å². The minimum absolute atomic E-state index is 0.102. The Balaban J connectivity index is 2.75. The summed E-state index contributed by atoms with van der Waals surface area (Å²) >= 11 is 3.00. The standard InChI is InChI=1S/C12H14BrFN2O4/c1-6-4-8(14)7(13)5-10(6)16-12(20)15-9(2-3-17)11(18)19/h4-5,9,17H,2-3H2,1H3,(H,18,19)(H2,15,16,20)/t9-/m0/s1. The molecule has 0 spiro atoms. The van der Waals surface area contributed by atoms with E-state index in [9.17, 15) is 14.0 Å². The van der Waals surface area contributed by atoms with Crippen LogP contribution in [-0.4, -0.2) is 34.9 Å². The average molecular weight is 349 g/mol. The monoisotopic (exact) mass is 348 g/mol. The van der Waals surface area contributed by atoms with E-state index in [0.717, 1.165) is 0 Å². The summed E-state index contributed by atoms with van der Waals surface area (Å²) in [7, 11) is 0. The van der Waals surface area contributed by atoms with Crippen LogP contribution in [0.25, 0.3) is 0 Å². The molecule has 0 saturated heterocycles. The number of halogens is 2. The van der Waals surface area contributed by atoms with E-state index in [-0.39, 0.29) is 17.5 Å². The molecule has 4 N–H and O–H groups in total. The molecule has 1 aromatic rings. The van der Waals surface area contributed by atoms with Crippen LogP contribution in [0.3, 0.4) is 0 Å². The highest BCUT2D eigenvalue weighted by Crippen LogP contribution is 2.24. The number of hydrogen-bond donors (Lipinski definition) is 4. The van der Waals surface area contributed by atoms with E-state index >= 15 is 0 Å². The minimum atomic E-state index is -1.24. The number of aryl methyl sites for hydroxylation is 1. The Morgan fingerprint density at radius 1 is 1.45 bits per heavy atom. The number of amides is 2.